The van der Waals surface area contributed by atoms with Crippen LogP contribution in [0.1, 0.15) is 72.1 Å². The van der Waals surface area contributed by atoms with E-state index in [2.05, 4.69) is 20.8 Å². The molecular weight excluding hydrogens is 180 g/mol. The van der Waals surface area contributed by atoms with Crippen LogP contribution in [-0.2, 0) is 0 Å². The summed E-state index contributed by atoms with van der Waals surface area (Å²) in [5.74, 6) is 3.15. The number of fused-ring (bicyclic) bond motifs is 2. The molecule has 0 spiro atoms. The fourth-order valence-corrected chi connectivity index (χ4v) is 3.79. The quantitative estimate of drug-likeness (QED) is 0.524. The molecule has 2 bridgehead atoms. The van der Waals surface area contributed by atoms with Crippen molar-refractivity contribution in [1.82, 2.24) is 0 Å². The lowest BCUT2D eigenvalue weighted by Crippen LogP contribution is -2.22. The van der Waals surface area contributed by atoms with Gasteiger partial charge in [0.25, 0.3) is 0 Å². The Morgan fingerprint density at radius 1 is 0.733 bits per heavy atom. The van der Waals surface area contributed by atoms with E-state index in [0.29, 0.717) is 5.41 Å². The second-order valence-electron chi connectivity index (χ2n) is 7.13. The van der Waals surface area contributed by atoms with Gasteiger partial charge in [0.05, 0.1) is 0 Å². The van der Waals surface area contributed by atoms with E-state index in [1.807, 2.05) is 0 Å². The van der Waals surface area contributed by atoms with Gasteiger partial charge in [-0.2, -0.15) is 0 Å². The maximum absolute atomic E-state index is 2.45. The zero-order chi connectivity index (χ0) is 10.9. The summed E-state index contributed by atoms with van der Waals surface area (Å²) in [4.78, 5) is 0. The van der Waals surface area contributed by atoms with Crippen molar-refractivity contribution < 1.29 is 0 Å². The van der Waals surface area contributed by atoms with E-state index in [0.717, 1.165) is 17.8 Å². The number of hydrogen-bond donors (Lipinski definition) is 0. The fraction of sp³-hybridized carbons (Fsp3) is 1.00. The first-order chi connectivity index (χ1) is 7.05. The fourth-order valence-electron chi connectivity index (χ4n) is 3.79. The molecule has 88 valence electrons. The molecule has 0 saturated heterocycles. The molecule has 0 aromatic heterocycles. The minimum absolute atomic E-state index is 0.548. The lowest BCUT2D eigenvalue weighted by Gasteiger charge is -2.32. The van der Waals surface area contributed by atoms with Crippen molar-refractivity contribution in [2.75, 3.05) is 0 Å². The molecule has 3 unspecified atom stereocenters. The molecule has 2 fully saturated rings. The smallest absolute Gasteiger partial charge is 0.0354 e. The zero-order valence-electron chi connectivity index (χ0n) is 10.9. The lowest BCUT2D eigenvalue weighted by atomic mass is 9.74. The van der Waals surface area contributed by atoms with E-state index < -0.39 is 0 Å². The first-order valence-electron chi connectivity index (χ1n) is 7.05. The SMILES string of the molecule is CC(C)(C)C1CCC2CCCCC(C2)C1. The minimum atomic E-state index is 0.548. The van der Waals surface area contributed by atoms with Crippen LogP contribution < -0.4 is 0 Å². The summed E-state index contributed by atoms with van der Waals surface area (Å²) in [7, 11) is 0. The zero-order valence-corrected chi connectivity index (χ0v) is 10.9. The van der Waals surface area contributed by atoms with Gasteiger partial charge in [-0.05, 0) is 42.4 Å². The summed E-state index contributed by atoms with van der Waals surface area (Å²) in [6.45, 7) is 7.34. The third-order valence-corrected chi connectivity index (χ3v) is 4.91. The molecule has 0 aromatic carbocycles. The first-order valence-corrected chi connectivity index (χ1v) is 7.05. The Balaban J connectivity index is 2.03. The molecular formula is C15H28. The topological polar surface area (TPSA) is 0 Å². The molecule has 15 heavy (non-hydrogen) atoms. The molecule has 0 N–H and O–H groups in total. The minimum Gasteiger partial charge on any atom is -0.0599 e. The Labute approximate surface area is 95.8 Å². The summed E-state index contributed by atoms with van der Waals surface area (Å²) < 4.78 is 0. The Hall–Kier alpha value is 0. The van der Waals surface area contributed by atoms with Gasteiger partial charge < -0.3 is 0 Å². The molecule has 0 aliphatic heterocycles. The Bertz CT molecular complexity index is 199. The van der Waals surface area contributed by atoms with Crippen molar-refractivity contribution in [1.29, 1.82) is 0 Å². The third kappa shape index (κ3) is 2.98. The van der Waals surface area contributed by atoms with Crippen LogP contribution >= 0.6 is 0 Å². The lowest BCUT2D eigenvalue weighted by molar-refractivity contribution is 0.188. The Morgan fingerprint density at radius 2 is 1.40 bits per heavy atom. The van der Waals surface area contributed by atoms with Crippen molar-refractivity contribution in [3.8, 4) is 0 Å². The van der Waals surface area contributed by atoms with Gasteiger partial charge in [-0.1, -0.05) is 52.9 Å². The molecule has 0 aromatic rings. The van der Waals surface area contributed by atoms with E-state index in [1.165, 1.54) is 44.9 Å². The molecule has 2 rings (SSSR count). The van der Waals surface area contributed by atoms with Gasteiger partial charge in [0, 0.05) is 0 Å². The summed E-state index contributed by atoms with van der Waals surface area (Å²) in [5.41, 5.74) is 0.548. The largest absolute Gasteiger partial charge is 0.0599 e. The standard InChI is InChI=1S/C15H28/c1-15(2,3)14-9-8-12-6-4-5-7-13(10-12)11-14/h12-14H,4-11H2,1-3H3. The normalized spacial score (nSPS) is 38.2. The van der Waals surface area contributed by atoms with Crippen LogP contribution in [0.5, 0.6) is 0 Å². The van der Waals surface area contributed by atoms with E-state index in [9.17, 15) is 0 Å². The van der Waals surface area contributed by atoms with Crippen LogP contribution in [0.2, 0.25) is 0 Å². The maximum Gasteiger partial charge on any atom is -0.0354 e. The van der Waals surface area contributed by atoms with Gasteiger partial charge in [0.1, 0.15) is 0 Å². The highest BCUT2D eigenvalue weighted by Crippen LogP contribution is 2.44. The molecule has 0 radical (unpaired) electrons. The molecule has 2 aliphatic carbocycles. The highest BCUT2D eigenvalue weighted by molar-refractivity contribution is 4.84. The summed E-state index contributed by atoms with van der Waals surface area (Å²) in [6, 6.07) is 0. The average molecular weight is 208 g/mol. The van der Waals surface area contributed by atoms with Crippen LogP contribution in [0.3, 0.4) is 0 Å². The highest BCUT2D eigenvalue weighted by atomic mass is 14.4. The second kappa shape index (κ2) is 4.47. The molecule has 2 aliphatic rings. The van der Waals surface area contributed by atoms with Gasteiger partial charge in [-0.15, -0.1) is 0 Å². The molecule has 0 nitrogen and oxygen atoms in total. The molecule has 0 heteroatoms. The summed E-state index contributed by atoms with van der Waals surface area (Å²) >= 11 is 0. The Morgan fingerprint density at radius 3 is 2.07 bits per heavy atom. The van der Waals surface area contributed by atoms with Gasteiger partial charge in [-0.3, -0.25) is 0 Å². The average Bonchev–Trinajstić information content (AvgIpc) is 2.47. The molecule has 3 atom stereocenters. The highest BCUT2D eigenvalue weighted by Gasteiger charge is 2.32. The predicted octanol–water partition coefficient (Wildman–Crippen LogP) is 5.03. The van der Waals surface area contributed by atoms with E-state index in [4.69, 9.17) is 0 Å². The van der Waals surface area contributed by atoms with Gasteiger partial charge in [-0.25, -0.2) is 0 Å². The molecule has 2 saturated carbocycles. The second-order valence-corrected chi connectivity index (χ2v) is 7.13. The van der Waals surface area contributed by atoms with Crippen LogP contribution in [0.4, 0.5) is 0 Å². The van der Waals surface area contributed by atoms with Gasteiger partial charge in [0.15, 0.2) is 0 Å². The Kier molecular flexibility index (Phi) is 3.42. The number of rotatable bonds is 0. The first kappa shape index (κ1) is 11.5. The van der Waals surface area contributed by atoms with Crippen LogP contribution in [0.25, 0.3) is 0 Å². The van der Waals surface area contributed by atoms with E-state index in [1.54, 1.807) is 6.42 Å². The van der Waals surface area contributed by atoms with Crippen LogP contribution in [0.15, 0.2) is 0 Å². The van der Waals surface area contributed by atoms with E-state index in [-0.39, 0.29) is 0 Å². The predicted molar refractivity (Wildman–Crippen MR) is 66.9 cm³/mol. The van der Waals surface area contributed by atoms with Crippen molar-refractivity contribution in [2.24, 2.45) is 23.2 Å². The van der Waals surface area contributed by atoms with Crippen molar-refractivity contribution in [3.63, 3.8) is 0 Å². The summed E-state index contributed by atoms with van der Waals surface area (Å²) in [5, 5.41) is 0. The molecule has 0 amide bonds. The van der Waals surface area contributed by atoms with Gasteiger partial charge >= 0.3 is 0 Å². The van der Waals surface area contributed by atoms with Crippen molar-refractivity contribution in [3.05, 3.63) is 0 Å². The third-order valence-electron chi connectivity index (χ3n) is 4.91. The maximum atomic E-state index is 2.45. The van der Waals surface area contributed by atoms with Crippen molar-refractivity contribution in [2.45, 2.75) is 72.1 Å². The monoisotopic (exact) mass is 208 g/mol. The summed E-state index contributed by atoms with van der Waals surface area (Å²) in [6.07, 6.45) is 12.2. The van der Waals surface area contributed by atoms with Crippen molar-refractivity contribution >= 4 is 0 Å². The van der Waals surface area contributed by atoms with Crippen LogP contribution in [0, 0.1) is 23.2 Å². The number of hydrogen-bond acceptors (Lipinski definition) is 0. The van der Waals surface area contributed by atoms with Gasteiger partial charge in [0.2, 0.25) is 0 Å². The van der Waals surface area contributed by atoms with E-state index >= 15 is 0 Å². The van der Waals surface area contributed by atoms with Crippen LogP contribution in [-0.4, -0.2) is 0 Å². The molecule has 0 heterocycles.